The van der Waals surface area contributed by atoms with Gasteiger partial charge in [-0.2, -0.15) is 4.72 Å². The van der Waals surface area contributed by atoms with Crippen molar-refractivity contribution in [1.82, 2.24) is 19.8 Å². The number of aromatic nitrogens is 2. The second-order valence-electron chi connectivity index (χ2n) is 10.4. The van der Waals surface area contributed by atoms with Crippen LogP contribution in [0.4, 0.5) is 0 Å². The first-order valence-corrected chi connectivity index (χ1v) is 15.6. The second kappa shape index (κ2) is 10.6. The van der Waals surface area contributed by atoms with Gasteiger partial charge in [-0.1, -0.05) is 32.0 Å². The number of hydrogen-bond donors (Lipinski definition) is 2. The van der Waals surface area contributed by atoms with Crippen LogP contribution >= 0.6 is 11.3 Å². The lowest BCUT2D eigenvalue weighted by atomic mass is 10.00. The Hall–Kier alpha value is -3.31. The summed E-state index contributed by atoms with van der Waals surface area (Å²) in [6.45, 7) is 11.9. The van der Waals surface area contributed by atoms with E-state index in [0.717, 1.165) is 62.4 Å². The van der Waals surface area contributed by atoms with E-state index in [9.17, 15) is 13.2 Å². The van der Waals surface area contributed by atoms with Gasteiger partial charge in [0.2, 0.25) is 0 Å². The summed E-state index contributed by atoms with van der Waals surface area (Å²) in [4.78, 5) is 24.1. The molecular weight excluding hydrogens is 544 g/mol. The number of hydroxylamine groups is 1. The molecule has 4 aromatic rings. The number of benzene rings is 1. The molecule has 0 radical (unpaired) electrons. The van der Waals surface area contributed by atoms with Crippen LogP contribution in [0.5, 0.6) is 0 Å². The Morgan fingerprint density at radius 1 is 1.05 bits per heavy atom. The third-order valence-electron chi connectivity index (χ3n) is 7.06. The molecule has 0 bridgehead atoms. The summed E-state index contributed by atoms with van der Waals surface area (Å²) in [5, 5.41) is 0.990. The van der Waals surface area contributed by atoms with Gasteiger partial charge in [-0.25, -0.2) is 13.3 Å². The lowest BCUT2D eigenvalue weighted by molar-refractivity contribution is -0.0345. The summed E-state index contributed by atoms with van der Waals surface area (Å²) in [6, 6.07) is 13.3. The molecule has 0 fully saturated rings. The molecule has 210 valence electrons. The number of fused-ring (bicyclic) bond motifs is 1. The normalized spacial score (nSPS) is 17.3. The number of nitrogens with zero attached hydrogens (tertiary/aromatic N) is 2. The highest BCUT2D eigenvalue weighted by molar-refractivity contribution is 7.91. The molecule has 0 amide bonds. The van der Waals surface area contributed by atoms with Crippen LogP contribution in [0.2, 0.25) is 0 Å². The van der Waals surface area contributed by atoms with Gasteiger partial charge in [-0.15, -0.1) is 11.3 Å². The molecule has 0 saturated heterocycles. The van der Waals surface area contributed by atoms with Gasteiger partial charge in [0.25, 0.3) is 15.6 Å². The minimum Gasteiger partial charge on any atom is -0.304 e. The lowest BCUT2D eigenvalue weighted by Gasteiger charge is -2.22. The van der Waals surface area contributed by atoms with Gasteiger partial charge in [-0.3, -0.25) is 15.3 Å². The zero-order chi connectivity index (χ0) is 28.8. The fourth-order valence-corrected chi connectivity index (χ4v) is 8.13. The fraction of sp³-hybridized carbons (Fsp3) is 0.333. The van der Waals surface area contributed by atoms with Gasteiger partial charge in [0.1, 0.15) is 4.21 Å². The van der Waals surface area contributed by atoms with Gasteiger partial charge >= 0.3 is 0 Å². The third kappa shape index (κ3) is 5.36. The SMILES string of the molecule is CCc1cc2c(ccc(=O)n2Cc2ccc(-c3cc(C)sc3S(=O)(=O)NC3(C)C=C(C)NO3)c(C)c2)c(CC)n1. The molecule has 1 aromatic carbocycles. The van der Waals surface area contributed by atoms with E-state index in [0.29, 0.717) is 12.1 Å². The molecule has 4 heterocycles. The number of nitrogens with one attached hydrogen (secondary N) is 2. The van der Waals surface area contributed by atoms with Crippen molar-refractivity contribution in [2.45, 2.75) is 70.9 Å². The van der Waals surface area contributed by atoms with Crippen LogP contribution in [0, 0.1) is 13.8 Å². The Morgan fingerprint density at radius 2 is 1.82 bits per heavy atom. The van der Waals surface area contributed by atoms with Gasteiger partial charge in [0.05, 0.1) is 12.1 Å². The van der Waals surface area contributed by atoms with Crippen molar-refractivity contribution in [3.05, 3.63) is 92.0 Å². The van der Waals surface area contributed by atoms with Crippen LogP contribution in [-0.4, -0.2) is 23.7 Å². The van der Waals surface area contributed by atoms with Crippen molar-refractivity contribution in [2.75, 3.05) is 0 Å². The van der Waals surface area contributed by atoms with Gasteiger partial charge < -0.3 is 4.57 Å². The highest BCUT2D eigenvalue weighted by Crippen LogP contribution is 2.37. The molecule has 10 heteroatoms. The Morgan fingerprint density at radius 3 is 2.48 bits per heavy atom. The Kier molecular flexibility index (Phi) is 7.47. The van der Waals surface area contributed by atoms with E-state index in [1.54, 1.807) is 30.6 Å². The molecule has 1 aliphatic rings. The van der Waals surface area contributed by atoms with Crippen molar-refractivity contribution in [2.24, 2.45) is 0 Å². The number of aryl methyl sites for hydroxylation is 4. The Bertz CT molecular complexity index is 1820. The average Bonchev–Trinajstić information content (AvgIpc) is 3.46. The van der Waals surface area contributed by atoms with Crippen LogP contribution in [0.3, 0.4) is 0 Å². The molecule has 0 saturated carbocycles. The Labute approximate surface area is 238 Å². The standard InChI is InChI=1S/C30H34N4O4S2/c1-7-22-15-27-24(26(8-2)31-22)11-12-28(35)34(27)17-21-9-10-23(18(3)13-21)25-14-20(5)39-29(25)40(36,37)33-30(6)16-19(4)32-38-30/h9-16,32-33H,7-8,17H2,1-6H3. The smallest absolute Gasteiger partial charge is 0.253 e. The van der Waals surface area contributed by atoms with E-state index in [1.807, 2.05) is 50.2 Å². The van der Waals surface area contributed by atoms with E-state index in [1.165, 1.54) is 11.3 Å². The van der Waals surface area contributed by atoms with Crippen molar-refractivity contribution in [3.63, 3.8) is 0 Å². The molecule has 3 aromatic heterocycles. The predicted octanol–water partition coefficient (Wildman–Crippen LogP) is 5.35. The first-order chi connectivity index (χ1) is 18.9. The van der Waals surface area contributed by atoms with Gasteiger partial charge in [0, 0.05) is 39.0 Å². The maximum atomic E-state index is 13.5. The number of thiophene rings is 1. The summed E-state index contributed by atoms with van der Waals surface area (Å²) in [7, 11) is -3.89. The molecule has 1 atom stereocenters. The van der Waals surface area contributed by atoms with Crippen molar-refractivity contribution >= 4 is 32.3 Å². The number of allylic oxidation sites excluding steroid dienone is 1. The van der Waals surface area contributed by atoms with Crippen LogP contribution in [-0.2, 0) is 34.2 Å². The maximum Gasteiger partial charge on any atom is 0.253 e. The van der Waals surface area contributed by atoms with Crippen molar-refractivity contribution in [1.29, 1.82) is 0 Å². The molecular formula is C30H34N4O4S2. The summed E-state index contributed by atoms with van der Waals surface area (Å²) < 4.78 is 31.7. The average molecular weight is 579 g/mol. The van der Waals surface area contributed by atoms with E-state index < -0.39 is 15.7 Å². The summed E-state index contributed by atoms with van der Waals surface area (Å²) >= 11 is 1.23. The largest absolute Gasteiger partial charge is 0.304 e. The maximum absolute atomic E-state index is 13.5. The summed E-state index contributed by atoms with van der Waals surface area (Å²) in [6.07, 6.45) is 3.27. The first-order valence-electron chi connectivity index (χ1n) is 13.3. The molecule has 0 spiro atoms. The van der Waals surface area contributed by atoms with Crippen LogP contribution < -0.4 is 15.8 Å². The summed E-state index contributed by atoms with van der Waals surface area (Å²) in [5.41, 5.74) is 8.36. The van der Waals surface area contributed by atoms with E-state index >= 15 is 0 Å². The number of hydrogen-bond acceptors (Lipinski definition) is 7. The third-order valence-corrected chi connectivity index (χ3v) is 10.2. The highest BCUT2D eigenvalue weighted by atomic mass is 32.2. The predicted molar refractivity (Wildman–Crippen MR) is 160 cm³/mol. The molecule has 5 rings (SSSR count). The number of sulfonamides is 1. The minimum absolute atomic E-state index is 0.0705. The van der Waals surface area contributed by atoms with Crippen LogP contribution in [0.15, 0.2) is 63.2 Å². The van der Waals surface area contributed by atoms with Crippen molar-refractivity contribution < 1.29 is 13.3 Å². The first kappa shape index (κ1) is 28.2. The van der Waals surface area contributed by atoms with Crippen molar-refractivity contribution in [3.8, 4) is 11.1 Å². The topological polar surface area (TPSA) is 102 Å². The van der Waals surface area contributed by atoms with E-state index in [4.69, 9.17) is 9.82 Å². The molecule has 2 N–H and O–H groups in total. The quantitative estimate of drug-likeness (QED) is 0.292. The second-order valence-corrected chi connectivity index (χ2v) is 13.5. The zero-order valence-corrected chi connectivity index (χ0v) is 25.2. The molecule has 1 aliphatic heterocycles. The molecule has 0 aliphatic carbocycles. The lowest BCUT2D eigenvalue weighted by Crippen LogP contribution is -2.45. The van der Waals surface area contributed by atoms with E-state index in [2.05, 4.69) is 24.0 Å². The van der Waals surface area contributed by atoms with Crippen LogP contribution in [0.1, 0.15) is 55.1 Å². The van der Waals surface area contributed by atoms with E-state index in [-0.39, 0.29) is 9.77 Å². The number of rotatable bonds is 8. The fourth-order valence-electron chi connectivity index (χ4n) is 5.24. The molecule has 1 unspecified atom stereocenters. The van der Waals surface area contributed by atoms with Gasteiger partial charge in [-0.05, 0) is 81.5 Å². The van der Waals surface area contributed by atoms with Gasteiger partial charge in [0.15, 0.2) is 5.72 Å². The Balaban J connectivity index is 1.52. The highest BCUT2D eigenvalue weighted by Gasteiger charge is 2.36. The summed E-state index contributed by atoms with van der Waals surface area (Å²) in [5.74, 6) is 0. The minimum atomic E-state index is -3.89. The van der Waals surface area contributed by atoms with Crippen LogP contribution in [0.25, 0.3) is 22.0 Å². The number of pyridine rings is 2. The molecule has 40 heavy (non-hydrogen) atoms. The molecule has 8 nitrogen and oxygen atoms in total. The monoisotopic (exact) mass is 578 g/mol. The zero-order valence-electron chi connectivity index (χ0n) is 23.6.